The number of rotatable bonds is 12. The Bertz CT molecular complexity index is 1730. The summed E-state index contributed by atoms with van der Waals surface area (Å²) in [6.45, 7) is 7.32. The zero-order valence-electron chi connectivity index (χ0n) is 29.7. The molecule has 3 amide bonds. The van der Waals surface area contributed by atoms with Crippen molar-refractivity contribution in [3.8, 4) is 35.5 Å². The third-order valence-electron chi connectivity index (χ3n) is 7.95. The van der Waals surface area contributed by atoms with Crippen LogP contribution in [0.2, 0.25) is 0 Å². The molecule has 0 fully saturated rings. The molecule has 6 heteroatoms. The van der Waals surface area contributed by atoms with Crippen LogP contribution in [-0.4, -0.2) is 37.4 Å². The first kappa shape index (κ1) is 37.8. The Labute approximate surface area is 302 Å². The number of carbonyl (C=O) groups excluding carboxylic acids is 3. The molecule has 4 aromatic carbocycles. The molecule has 0 bridgehead atoms. The van der Waals surface area contributed by atoms with Gasteiger partial charge in [0.2, 0.25) is 0 Å². The third kappa shape index (κ3) is 11.0. The Morgan fingerprint density at radius 3 is 0.902 bits per heavy atom. The maximum Gasteiger partial charge on any atom is 0.253 e. The molecular weight excluding hydrogens is 631 g/mol. The van der Waals surface area contributed by atoms with E-state index in [-0.39, 0.29) is 33.4 Å². The fraction of sp³-hybridized carbons (Fsp3) is 0.267. The maximum absolute atomic E-state index is 14.4. The highest BCUT2D eigenvalue weighted by atomic mass is 16.2. The Balaban J connectivity index is 2.21. The molecule has 6 nitrogen and oxygen atoms in total. The summed E-state index contributed by atoms with van der Waals surface area (Å²) in [4.78, 5) is 43.2. The van der Waals surface area contributed by atoms with Crippen molar-refractivity contribution in [2.24, 2.45) is 0 Å². The van der Waals surface area contributed by atoms with E-state index >= 15 is 0 Å². The minimum absolute atomic E-state index is 0.0736. The molecule has 0 heterocycles. The molecule has 0 saturated heterocycles. The fourth-order valence-electron chi connectivity index (χ4n) is 5.18. The molecule has 0 atom stereocenters. The van der Waals surface area contributed by atoms with E-state index in [1.54, 1.807) is 0 Å². The zero-order valence-corrected chi connectivity index (χ0v) is 29.7. The van der Waals surface area contributed by atoms with Gasteiger partial charge < -0.3 is 16.0 Å². The summed E-state index contributed by atoms with van der Waals surface area (Å²) in [5, 5.41) is 9.05. The summed E-state index contributed by atoms with van der Waals surface area (Å²) < 4.78 is 0. The van der Waals surface area contributed by atoms with Gasteiger partial charge in [0.05, 0.1) is 33.4 Å². The number of benzene rings is 4. The van der Waals surface area contributed by atoms with Crippen LogP contribution in [0, 0.1) is 35.5 Å². The topological polar surface area (TPSA) is 87.3 Å². The van der Waals surface area contributed by atoms with Crippen molar-refractivity contribution in [1.29, 1.82) is 0 Å². The summed E-state index contributed by atoms with van der Waals surface area (Å²) in [5.74, 6) is 17.7. The molecule has 51 heavy (non-hydrogen) atoms. The second kappa shape index (κ2) is 20.5. The first-order valence-corrected chi connectivity index (χ1v) is 17.8. The van der Waals surface area contributed by atoms with Crippen LogP contribution in [0.15, 0.2) is 91.0 Å². The highest BCUT2D eigenvalue weighted by molar-refractivity contribution is 6.13. The fourth-order valence-corrected chi connectivity index (χ4v) is 5.18. The van der Waals surface area contributed by atoms with Gasteiger partial charge in [-0.15, -0.1) is 0 Å². The van der Waals surface area contributed by atoms with E-state index in [0.717, 1.165) is 38.5 Å². The molecule has 0 saturated carbocycles. The highest BCUT2D eigenvalue weighted by Crippen LogP contribution is 2.29. The zero-order chi connectivity index (χ0) is 36.3. The lowest BCUT2D eigenvalue weighted by molar-refractivity contribution is 0.0952. The highest BCUT2D eigenvalue weighted by Gasteiger charge is 2.32. The van der Waals surface area contributed by atoms with Crippen molar-refractivity contribution in [1.82, 2.24) is 16.0 Å². The van der Waals surface area contributed by atoms with Gasteiger partial charge in [-0.2, -0.15) is 0 Å². The van der Waals surface area contributed by atoms with E-state index in [4.69, 9.17) is 0 Å². The van der Waals surface area contributed by atoms with Gasteiger partial charge in [0, 0.05) is 36.3 Å². The molecule has 0 aromatic heterocycles. The lowest BCUT2D eigenvalue weighted by Gasteiger charge is -2.20. The Hall–Kier alpha value is -6.03. The average molecular weight is 676 g/mol. The van der Waals surface area contributed by atoms with Crippen molar-refractivity contribution in [3.63, 3.8) is 0 Å². The van der Waals surface area contributed by atoms with E-state index in [9.17, 15) is 14.4 Å². The van der Waals surface area contributed by atoms with Crippen molar-refractivity contribution in [3.05, 3.63) is 141 Å². The summed E-state index contributed by atoms with van der Waals surface area (Å²) in [7, 11) is 0. The van der Waals surface area contributed by atoms with Crippen LogP contribution in [0.25, 0.3) is 0 Å². The molecular formula is C45H45N3O3. The molecule has 4 aromatic rings. The Morgan fingerprint density at radius 1 is 0.412 bits per heavy atom. The molecule has 0 radical (unpaired) electrons. The second-order valence-corrected chi connectivity index (χ2v) is 11.9. The van der Waals surface area contributed by atoms with E-state index < -0.39 is 17.7 Å². The van der Waals surface area contributed by atoms with Gasteiger partial charge >= 0.3 is 0 Å². The summed E-state index contributed by atoms with van der Waals surface area (Å²) >= 11 is 0. The van der Waals surface area contributed by atoms with Gasteiger partial charge in [-0.25, -0.2) is 0 Å². The van der Waals surface area contributed by atoms with Crippen LogP contribution < -0.4 is 16.0 Å². The van der Waals surface area contributed by atoms with Crippen LogP contribution in [0.5, 0.6) is 0 Å². The normalized spacial score (nSPS) is 9.94. The lowest BCUT2D eigenvalue weighted by atomic mass is 9.84. The number of amides is 3. The average Bonchev–Trinajstić information content (AvgIpc) is 3.16. The van der Waals surface area contributed by atoms with E-state index in [1.165, 1.54) is 0 Å². The van der Waals surface area contributed by atoms with Crippen LogP contribution in [0.4, 0.5) is 0 Å². The smallest absolute Gasteiger partial charge is 0.253 e. The van der Waals surface area contributed by atoms with E-state index in [1.807, 2.05) is 112 Å². The van der Waals surface area contributed by atoms with E-state index in [0.29, 0.717) is 36.3 Å². The largest absolute Gasteiger partial charge is 0.352 e. The SMILES string of the molecule is CCCCNC(=O)c1c(C#Cc2ccccc2)c(C(=O)NCCCC)c(C#Cc2ccccc2)c(C(=O)NCCCC)c1C#Cc1ccccc1. The minimum atomic E-state index is -0.467. The maximum atomic E-state index is 14.4. The van der Waals surface area contributed by atoms with Gasteiger partial charge in [0.1, 0.15) is 0 Å². The third-order valence-corrected chi connectivity index (χ3v) is 7.95. The van der Waals surface area contributed by atoms with Gasteiger partial charge in [0.15, 0.2) is 0 Å². The summed E-state index contributed by atoms with van der Waals surface area (Å²) in [6.07, 6.45) is 4.84. The molecule has 0 spiro atoms. The summed E-state index contributed by atoms with van der Waals surface area (Å²) in [6, 6.07) is 28.1. The lowest BCUT2D eigenvalue weighted by Crippen LogP contribution is -2.34. The number of carbonyl (C=O) groups is 3. The Kier molecular flexibility index (Phi) is 15.2. The van der Waals surface area contributed by atoms with Crippen molar-refractivity contribution < 1.29 is 14.4 Å². The van der Waals surface area contributed by atoms with Crippen molar-refractivity contribution in [2.45, 2.75) is 59.3 Å². The van der Waals surface area contributed by atoms with Crippen LogP contribution in [0.3, 0.4) is 0 Å². The first-order valence-electron chi connectivity index (χ1n) is 17.8. The Morgan fingerprint density at radius 2 is 0.667 bits per heavy atom. The summed E-state index contributed by atoms with van der Waals surface area (Å²) in [5.41, 5.74) is 2.82. The van der Waals surface area contributed by atoms with Crippen LogP contribution in [-0.2, 0) is 0 Å². The quantitative estimate of drug-likeness (QED) is 0.108. The number of hydrogen-bond acceptors (Lipinski definition) is 3. The van der Waals surface area contributed by atoms with Crippen molar-refractivity contribution >= 4 is 17.7 Å². The standard InChI is InChI=1S/C45H45N3O3/c1-4-7-31-46-43(49)40-37(28-25-34-19-13-10-14-20-34)41(44(50)47-32-8-5-2)39(30-27-36-23-17-12-18-24-36)42(45(51)48-33-9-6-3)38(40)29-26-35-21-15-11-16-22-35/h10-24H,4-9,31-33H2,1-3H3,(H,46,49)(H,47,50)(H,48,51). The van der Waals surface area contributed by atoms with E-state index in [2.05, 4.69) is 51.5 Å². The first-order chi connectivity index (χ1) is 25.0. The number of unbranched alkanes of at least 4 members (excludes halogenated alkanes) is 3. The van der Waals surface area contributed by atoms with Gasteiger partial charge in [-0.3, -0.25) is 14.4 Å². The van der Waals surface area contributed by atoms with Crippen LogP contribution in [0.1, 0.15) is 124 Å². The van der Waals surface area contributed by atoms with Gasteiger partial charge in [-0.1, -0.05) is 130 Å². The molecule has 0 aliphatic rings. The molecule has 258 valence electrons. The predicted molar refractivity (Wildman–Crippen MR) is 205 cm³/mol. The molecule has 0 aliphatic heterocycles. The number of hydrogen-bond donors (Lipinski definition) is 3. The predicted octanol–water partition coefficient (Wildman–Crippen LogP) is 7.48. The van der Waals surface area contributed by atoms with Gasteiger partial charge in [0.25, 0.3) is 17.7 Å². The molecule has 3 N–H and O–H groups in total. The van der Waals surface area contributed by atoms with Crippen LogP contribution >= 0.6 is 0 Å². The molecule has 0 unspecified atom stereocenters. The monoisotopic (exact) mass is 675 g/mol. The second-order valence-electron chi connectivity index (χ2n) is 11.9. The molecule has 4 rings (SSSR count). The molecule has 0 aliphatic carbocycles. The number of nitrogens with one attached hydrogen (secondary N) is 3. The van der Waals surface area contributed by atoms with Crippen molar-refractivity contribution in [2.75, 3.05) is 19.6 Å². The van der Waals surface area contributed by atoms with Gasteiger partial charge in [-0.05, 0) is 55.7 Å². The minimum Gasteiger partial charge on any atom is -0.352 e.